The Morgan fingerprint density at radius 3 is 2.39 bits per heavy atom. The van der Waals surface area contributed by atoms with Gasteiger partial charge in [0, 0.05) is 36.5 Å². The van der Waals surface area contributed by atoms with E-state index in [2.05, 4.69) is 5.32 Å². The number of carbonyl (C=O) groups is 1. The molecule has 0 aliphatic heterocycles. The predicted molar refractivity (Wildman–Crippen MR) is 117 cm³/mol. The Morgan fingerprint density at radius 2 is 1.71 bits per heavy atom. The zero-order valence-electron chi connectivity index (χ0n) is 17.1. The van der Waals surface area contributed by atoms with Crippen molar-refractivity contribution in [2.75, 3.05) is 7.11 Å². The van der Waals surface area contributed by atoms with Crippen LogP contribution in [0.2, 0.25) is 0 Å². The van der Waals surface area contributed by atoms with Gasteiger partial charge in [0.15, 0.2) is 0 Å². The van der Waals surface area contributed by atoms with Crippen LogP contribution in [0.25, 0.3) is 16.9 Å². The van der Waals surface area contributed by atoms with Gasteiger partial charge in [-0.05, 0) is 54.1 Å². The first-order chi connectivity index (χ1) is 15.1. The van der Waals surface area contributed by atoms with Crippen LogP contribution >= 0.6 is 0 Å². The SMILES string of the molecule is COCc1ccc(C(=O)NCc2cn(-c3ccccc3)nc2-c2ccc(F)cc2)cc1. The van der Waals surface area contributed by atoms with Crippen LogP contribution in [0.4, 0.5) is 4.39 Å². The van der Waals surface area contributed by atoms with Gasteiger partial charge in [-0.15, -0.1) is 0 Å². The summed E-state index contributed by atoms with van der Waals surface area (Å²) < 4.78 is 20.3. The molecule has 0 bridgehead atoms. The highest BCUT2D eigenvalue weighted by atomic mass is 19.1. The van der Waals surface area contributed by atoms with Gasteiger partial charge in [-0.3, -0.25) is 4.79 Å². The Kier molecular flexibility index (Phi) is 6.19. The first-order valence-electron chi connectivity index (χ1n) is 9.90. The maximum Gasteiger partial charge on any atom is 0.251 e. The van der Waals surface area contributed by atoms with Crippen molar-refractivity contribution in [2.45, 2.75) is 13.2 Å². The van der Waals surface area contributed by atoms with Crippen molar-refractivity contribution in [3.63, 3.8) is 0 Å². The lowest BCUT2D eigenvalue weighted by Crippen LogP contribution is -2.22. The molecule has 1 aromatic heterocycles. The average molecular weight is 415 g/mol. The third-order valence-electron chi connectivity index (χ3n) is 4.89. The topological polar surface area (TPSA) is 56.1 Å². The summed E-state index contributed by atoms with van der Waals surface area (Å²) in [5.41, 5.74) is 4.78. The van der Waals surface area contributed by atoms with Gasteiger partial charge in [-0.25, -0.2) is 9.07 Å². The molecule has 6 heteroatoms. The van der Waals surface area contributed by atoms with Gasteiger partial charge >= 0.3 is 0 Å². The van der Waals surface area contributed by atoms with Gasteiger partial charge in [0.2, 0.25) is 0 Å². The van der Waals surface area contributed by atoms with Crippen molar-refractivity contribution in [1.82, 2.24) is 15.1 Å². The van der Waals surface area contributed by atoms with Crippen LogP contribution in [0.15, 0.2) is 85.1 Å². The summed E-state index contributed by atoms with van der Waals surface area (Å²) >= 11 is 0. The molecule has 156 valence electrons. The number of para-hydroxylation sites is 1. The molecule has 0 unspecified atom stereocenters. The third kappa shape index (κ3) is 4.87. The minimum absolute atomic E-state index is 0.179. The van der Waals surface area contributed by atoms with Crippen LogP contribution in [-0.4, -0.2) is 22.8 Å². The van der Waals surface area contributed by atoms with Crippen molar-refractivity contribution in [3.05, 3.63) is 108 Å². The van der Waals surface area contributed by atoms with Crippen LogP contribution in [0, 0.1) is 5.82 Å². The molecule has 1 heterocycles. The Morgan fingerprint density at radius 1 is 1.00 bits per heavy atom. The van der Waals surface area contributed by atoms with Crippen molar-refractivity contribution in [3.8, 4) is 16.9 Å². The minimum Gasteiger partial charge on any atom is -0.380 e. The second kappa shape index (κ2) is 9.36. The number of nitrogens with one attached hydrogen (secondary N) is 1. The highest BCUT2D eigenvalue weighted by Gasteiger charge is 2.14. The van der Waals surface area contributed by atoms with Gasteiger partial charge in [0.1, 0.15) is 5.82 Å². The average Bonchev–Trinajstić information content (AvgIpc) is 3.23. The number of methoxy groups -OCH3 is 1. The van der Waals surface area contributed by atoms with Crippen LogP contribution in [0.5, 0.6) is 0 Å². The first-order valence-corrected chi connectivity index (χ1v) is 9.90. The quantitative estimate of drug-likeness (QED) is 0.474. The fourth-order valence-electron chi connectivity index (χ4n) is 3.30. The normalized spacial score (nSPS) is 10.8. The molecule has 0 fully saturated rings. The highest BCUT2D eigenvalue weighted by Crippen LogP contribution is 2.24. The number of hydrogen-bond donors (Lipinski definition) is 1. The molecule has 4 aromatic rings. The minimum atomic E-state index is -0.307. The lowest BCUT2D eigenvalue weighted by Gasteiger charge is -2.07. The van der Waals surface area contributed by atoms with Crippen LogP contribution in [0.3, 0.4) is 0 Å². The van der Waals surface area contributed by atoms with Crippen molar-refractivity contribution >= 4 is 5.91 Å². The van der Waals surface area contributed by atoms with E-state index in [0.29, 0.717) is 17.9 Å². The lowest BCUT2D eigenvalue weighted by atomic mass is 10.1. The largest absolute Gasteiger partial charge is 0.380 e. The number of amides is 1. The lowest BCUT2D eigenvalue weighted by molar-refractivity contribution is 0.0951. The van der Waals surface area contributed by atoms with E-state index in [1.165, 1.54) is 12.1 Å². The summed E-state index contributed by atoms with van der Waals surface area (Å²) in [6.07, 6.45) is 1.88. The summed E-state index contributed by atoms with van der Waals surface area (Å²) in [5, 5.41) is 7.65. The van der Waals surface area contributed by atoms with E-state index in [-0.39, 0.29) is 18.3 Å². The standard InChI is InChI=1S/C25H22FN3O2/c1-31-17-18-7-9-20(10-8-18)25(30)27-15-21-16-29(23-5-3-2-4-6-23)28-24(21)19-11-13-22(26)14-12-19/h2-14,16H,15,17H2,1H3,(H,27,30). The molecule has 0 aliphatic rings. The second-order valence-corrected chi connectivity index (χ2v) is 7.10. The van der Waals surface area contributed by atoms with Crippen LogP contribution < -0.4 is 5.32 Å². The molecule has 0 atom stereocenters. The molecular weight excluding hydrogens is 393 g/mol. The molecule has 0 aliphatic carbocycles. The summed E-state index contributed by atoms with van der Waals surface area (Å²) in [6, 6.07) is 23.2. The van der Waals surface area contributed by atoms with Gasteiger partial charge in [-0.2, -0.15) is 5.10 Å². The number of rotatable bonds is 7. The second-order valence-electron chi connectivity index (χ2n) is 7.10. The molecule has 31 heavy (non-hydrogen) atoms. The van der Waals surface area contributed by atoms with E-state index in [1.807, 2.05) is 48.7 Å². The van der Waals surface area contributed by atoms with E-state index < -0.39 is 0 Å². The number of nitrogens with zero attached hydrogens (tertiary/aromatic N) is 2. The molecular formula is C25H22FN3O2. The Hall–Kier alpha value is -3.77. The first kappa shape index (κ1) is 20.5. The zero-order chi connectivity index (χ0) is 21.6. The number of halogens is 1. The summed E-state index contributed by atoms with van der Waals surface area (Å²) in [7, 11) is 1.63. The van der Waals surface area contributed by atoms with E-state index in [4.69, 9.17) is 9.84 Å². The van der Waals surface area contributed by atoms with Crippen LogP contribution in [-0.2, 0) is 17.9 Å². The monoisotopic (exact) mass is 415 g/mol. The van der Waals surface area contributed by atoms with Gasteiger partial charge < -0.3 is 10.1 Å². The van der Waals surface area contributed by atoms with E-state index in [9.17, 15) is 9.18 Å². The van der Waals surface area contributed by atoms with Gasteiger partial charge in [0.05, 0.1) is 18.0 Å². The number of carbonyl (C=O) groups excluding carboxylic acids is 1. The zero-order valence-corrected chi connectivity index (χ0v) is 17.1. The van der Waals surface area contributed by atoms with Crippen molar-refractivity contribution in [2.24, 2.45) is 0 Å². The molecule has 1 N–H and O–H groups in total. The highest BCUT2D eigenvalue weighted by molar-refractivity contribution is 5.94. The van der Waals surface area contributed by atoms with Crippen molar-refractivity contribution < 1.29 is 13.9 Å². The maximum atomic E-state index is 13.4. The summed E-state index contributed by atoms with van der Waals surface area (Å²) in [6.45, 7) is 0.791. The van der Waals surface area contributed by atoms with Gasteiger partial charge in [-0.1, -0.05) is 30.3 Å². The Bertz CT molecular complexity index is 1150. The van der Waals surface area contributed by atoms with E-state index >= 15 is 0 Å². The molecule has 1 amide bonds. The number of hydrogen-bond acceptors (Lipinski definition) is 3. The summed E-state index contributed by atoms with van der Waals surface area (Å²) in [5.74, 6) is -0.487. The van der Waals surface area contributed by atoms with E-state index in [0.717, 1.165) is 22.4 Å². The summed E-state index contributed by atoms with van der Waals surface area (Å²) in [4.78, 5) is 12.6. The fraction of sp³-hybridized carbons (Fsp3) is 0.120. The van der Waals surface area contributed by atoms with Crippen molar-refractivity contribution in [1.29, 1.82) is 0 Å². The molecule has 3 aromatic carbocycles. The van der Waals surface area contributed by atoms with Gasteiger partial charge in [0.25, 0.3) is 5.91 Å². The number of aromatic nitrogens is 2. The molecule has 0 radical (unpaired) electrons. The molecule has 0 saturated heterocycles. The molecule has 0 spiro atoms. The van der Waals surface area contributed by atoms with Crippen LogP contribution in [0.1, 0.15) is 21.5 Å². The number of benzene rings is 3. The van der Waals surface area contributed by atoms with E-state index in [1.54, 1.807) is 36.1 Å². The Balaban J connectivity index is 1.58. The maximum absolute atomic E-state index is 13.4. The Labute approximate surface area is 180 Å². The number of ether oxygens (including phenoxy) is 1. The molecule has 0 saturated carbocycles. The predicted octanol–water partition coefficient (Wildman–Crippen LogP) is 4.75. The molecule has 5 nitrogen and oxygen atoms in total. The molecule has 4 rings (SSSR count). The fourth-order valence-corrected chi connectivity index (χ4v) is 3.30. The third-order valence-corrected chi connectivity index (χ3v) is 4.89. The smallest absolute Gasteiger partial charge is 0.251 e.